The molecule has 0 saturated heterocycles. The number of halogens is 1. The maximum Gasteiger partial charge on any atom is 0.355 e. The summed E-state index contributed by atoms with van der Waals surface area (Å²) in [7, 11) is 1.42. The lowest BCUT2D eigenvalue weighted by Gasteiger charge is -2.07. The van der Waals surface area contributed by atoms with Gasteiger partial charge >= 0.3 is 5.69 Å². The zero-order chi connectivity index (χ0) is 18.3. The summed E-state index contributed by atoms with van der Waals surface area (Å²) in [6.45, 7) is 1.77. The Bertz CT molecular complexity index is 1170. The van der Waals surface area contributed by atoms with Gasteiger partial charge in [0.15, 0.2) is 17.4 Å². The van der Waals surface area contributed by atoms with Gasteiger partial charge in [0.25, 0.3) is 0 Å². The number of ether oxygens (including phenoxy) is 1. The average Bonchev–Trinajstić information content (AvgIpc) is 3.00. The molecule has 0 radical (unpaired) electrons. The molecular formula is C19H15FN4O2. The number of hydrogen-bond acceptors (Lipinski definition) is 4. The molecule has 0 unspecified atom stereocenters. The molecule has 26 heavy (non-hydrogen) atoms. The third kappa shape index (κ3) is 2.36. The van der Waals surface area contributed by atoms with Crippen LogP contribution in [-0.4, -0.2) is 26.3 Å². The van der Waals surface area contributed by atoms with Crippen molar-refractivity contribution in [3.8, 4) is 22.7 Å². The zero-order valence-electron chi connectivity index (χ0n) is 14.2. The van der Waals surface area contributed by atoms with Crippen LogP contribution < -0.4 is 10.4 Å². The summed E-state index contributed by atoms with van der Waals surface area (Å²) in [6.07, 6.45) is 3.15. The Labute approximate surface area is 148 Å². The Morgan fingerprint density at radius 1 is 1.12 bits per heavy atom. The van der Waals surface area contributed by atoms with Gasteiger partial charge in [-0.3, -0.25) is 4.40 Å². The molecule has 0 spiro atoms. The first-order valence-corrected chi connectivity index (χ1v) is 7.96. The van der Waals surface area contributed by atoms with Crippen molar-refractivity contribution in [3.05, 3.63) is 76.9 Å². The molecule has 3 aromatic heterocycles. The molecule has 4 rings (SSSR count). The normalized spacial score (nSPS) is 11.0. The fourth-order valence-corrected chi connectivity index (χ4v) is 3.03. The molecule has 4 aromatic rings. The topological polar surface area (TPSA) is 61.4 Å². The van der Waals surface area contributed by atoms with Crippen molar-refractivity contribution in [2.24, 2.45) is 0 Å². The summed E-state index contributed by atoms with van der Waals surface area (Å²) >= 11 is 0. The van der Waals surface area contributed by atoms with E-state index in [0.29, 0.717) is 28.2 Å². The Morgan fingerprint density at radius 3 is 2.69 bits per heavy atom. The minimum Gasteiger partial charge on any atom is -0.494 e. The van der Waals surface area contributed by atoms with Gasteiger partial charge in [-0.15, -0.1) is 0 Å². The van der Waals surface area contributed by atoms with E-state index in [1.54, 1.807) is 61.8 Å². The van der Waals surface area contributed by atoms with Gasteiger partial charge in [0, 0.05) is 23.0 Å². The van der Waals surface area contributed by atoms with Gasteiger partial charge in [-0.25, -0.2) is 14.2 Å². The molecule has 130 valence electrons. The van der Waals surface area contributed by atoms with E-state index in [1.165, 1.54) is 16.2 Å². The number of nitrogens with zero attached hydrogens (tertiary/aromatic N) is 4. The van der Waals surface area contributed by atoms with Crippen LogP contribution in [0.15, 0.2) is 59.7 Å². The highest BCUT2D eigenvalue weighted by Gasteiger charge is 2.18. The fraction of sp³-hybridized carbons (Fsp3) is 0.105. The molecule has 0 fully saturated rings. The number of methoxy groups -OCH3 is 1. The van der Waals surface area contributed by atoms with E-state index in [1.807, 2.05) is 0 Å². The van der Waals surface area contributed by atoms with Crippen LogP contribution in [-0.2, 0) is 0 Å². The molecule has 0 saturated carbocycles. The lowest BCUT2D eigenvalue weighted by molar-refractivity contribution is 0.387. The van der Waals surface area contributed by atoms with Gasteiger partial charge < -0.3 is 4.74 Å². The Balaban J connectivity index is 1.97. The highest BCUT2D eigenvalue weighted by Crippen LogP contribution is 2.32. The summed E-state index contributed by atoms with van der Waals surface area (Å²) in [5.41, 5.74) is 1.81. The Kier molecular flexibility index (Phi) is 3.76. The first-order valence-electron chi connectivity index (χ1n) is 7.96. The van der Waals surface area contributed by atoms with Gasteiger partial charge in [-0.1, -0.05) is 18.2 Å². The van der Waals surface area contributed by atoms with Gasteiger partial charge in [0.05, 0.1) is 18.8 Å². The average molecular weight is 350 g/mol. The van der Waals surface area contributed by atoms with E-state index in [4.69, 9.17) is 4.74 Å². The van der Waals surface area contributed by atoms with E-state index in [9.17, 15) is 9.18 Å². The highest BCUT2D eigenvalue weighted by atomic mass is 19.1. The van der Waals surface area contributed by atoms with Crippen molar-refractivity contribution in [2.75, 3.05) is 7.11 Å². The van der Waals surface area contributed by atoms with Crippen LogP contribution in [0.5, 0.6) is 5.75 Å². The first-order chi connectivity index (χ1) is 12.6. The van der Waals surface area contributed by atoms with Crippen molar-refractivity contribution in [2.45, 2.75) is 6.92 Å². The molecule has 0 amide bonds. The van der Waals surface area contributed by atoms with Gasteiger partial charge in [-0.05, 0) is 31.2 Å². The van der Waals surface area contributed by atoms with Crippen LogP contribution in [0.25, 0.3) is 22.5 Å². The van der Waals surface area contributed by atoms with Crippen LogP contribution in [0, 0.1) is 12.7 Å². The van der Waals surface area contributed by atoms with Gasteiger partial charge in [-0.2, -0.15) is 9.78 Å². The van der Waals surface area contributed by atoms with Crippen molar-refractivity contribution in [1.29, 1.82) is 0 Å². The quantitative estimate of drug-likeness (QED) is 0.570. The summed E-state index contributed by atoms with van der Waals surface area (Å²) < 4.78 is 22.4. The predicted octanol–water partition coefficient (Wildman–Crippen LogP) is 3.00. The molecule has 7 heteroatoms. The van der Waals surface area contributed by atoms with E-state index >= 15 is 0 Å². The maximum absolute atomic E-state index is 14.7. The predicted molar refractivity (Wildman–Crippen MR) is 95.3 cm³/mol. The molecule has 0 aliphatic carbocycles. The zero-order valence-corrected chi connectivity index (χ0v) is 14.2. The molecule has 6 nitrogen and oxygen atoms in total. The SMILES string of the molecule is COc1cccc(-c2cc3cnn(-c4ccccn4)c(=O)n3c2C)c1F. The fourth-order valence-electron chi connectivity index (χ4n) is 3.03. The largest absolute Gasteiger partial charge is 0.494 e. The monoisotopic (exact) mass is 350 g/mol. The minimum atomic E-state index is -0.466. The van der Waals surface area contributed by atoms with Crippen LogP contribution in [0.1, 0.15) is 5.69 Å². The number of rotatable bonds is 3. The molecule has 0 bridgehead atoms. The van der Waals surface area contributed by atoms with E-state index in [0.717, 1.165) is 0 Å². The molecular weight excluding hydrogens is 335 g/mol. The van der Waals surface area contributed by atoms with Crippen molar-refractivity contribution in [1.82, 2.24) is 19.2 Å². The van der Waals surface area contributed by atoms with Gasteiger partial charge in [0.1, 0.15) is 0 Å². The van der Waals surface area contributed by atoms with Crippen LogP contribution >= 0.6 is 0 Å². The second-order valence-corrected chi connectivity index (χ2v) is 5.75. The third-order valence-electron chi connectivity index (χ3n) is 4.29. The number of pyridine rings is 1. The molecule has 0 N–H and O–H groups in total. The van der Waals surface area contributed by atoms with Crippen molar-refractivity contribution >= 4 is 5.52 Å². The number of aryl methyl sites for hydroxylation is 1. The summed E-state index contributed by atoms with van der Waals surface area (Å²) in [5, 5.41) is 4.18. The first kappa shape index (κ1) is 16.0. The van der Waals surface area contributed by atoms with Crippen LogP contribution in [0.3, 0.4) is 0 Å². The molecule has 0 atom stereocenters. The van der Waals surface area contributed by atoms with Gasteiger partial charge in [0.2, 0.25) is 0 Å². The summed E-state index contributed by atoms with van der Waals surface area (Å²) in [5.74, 6) is 0.106. The number of fused-ring (bicyclic) bond motifs is 1. The Hall–Kier alpha value is -3.48. The third-order valence-corrected chi connectivity index (χ3v) is 4.29. The number of aromatic nitrogens is 4. The number of hydrogen-bond donors (Lipinski definition) is 0. The second-order valence-electron chi connectivity index (χ2n) is 5.75. The Morgan fingerprint density at radius 2 is 1.96 bits per heavy atom. The second kappa shape index (κ2) is 6.11. The summed E-state index contributed by atoms with van der Waals surface area (Å²) in [6, 6.07) is 11.9. The standard InChI is InChI=1S/C19H15FN4O2/c1-12-15(14-6-5-7-16(26-2)18(14)20)10-13-11-22-24(19(25)23(12)13)17-8-3-4-9-21-17/h3-11H,1-2H3. The maximum atomic E-state index is 14.7. The highest BCUT2D eigenvalue weighted by molar-refractivity contribution is 5.74. The lowest BCUT2D eigenvalue weighted by Crippen LogP contribution is -2.28. The molecule has 1 aromatic carbocycles. The van der Waals surface area contributed by atoms with E-state index in [-0.39, 0.29) is 11.4 Å². The van der Waals surface area contributed by atoms with E-state index < -0.39 is 5.82 Å². The lowest BCUT2D eigenvalue weighted by atomic mass is 10.1. The van der Waals surface area contributed by atoms with Crippen LogP contribution in [0.4, 0.5) is 4.39 Å². The van der Waals surface area contributed by atoms with Crippen molar-refractivity contribution in [3.63, 3.8) is 0 Å². The van der Waals surface area contributed by atoms with Crippen LogP contribution in [0.2, 0.25) is 0 Å². The smallest absolute Gasteiger partial charge is 0.355 e. The molecule has 0 aliphatic heterocycles. The summed E-state index contributed by atoms with van der Waals surface area (Å²) in [4.78, 5) is 17.1. The number of benzene rings is 1. The van der Waals surface area contributed by atoms with Crippen molar-refractivity contribution < 1.29 is 9.13 Å². The molecule has 0 aliphatic rings. The van der Waals surface area contributed by atoms with E-state index in [2.05, 4.69) is 10.1 Å². The minimum absolute atomic E-state index is 0.154. The molecule has 3 heterocycles.